The van der Waals surface area contributed by atoms with Crippen molar-refractivity contribution in [2.24, 2.45) is 0 Å². The van der Waals surface area contributed by atoms with Crippen LogP contribution < -0.4 is 9.16 Å². The van der Waals surface area contributed by atoms with Gasteiger partial charge in [-0.25, -0.2) is 0 Å². The maximum atomic E-state index is 12.7. The molecule has 0 aliphatic carbocycles. The van der Waals surface area contributed by atoms with Crippen LogP contribution in [0.15, 0.2) is 18.2 Å². The molecule has 0 spiro atoms. The lowest BCUT2D eigenvalue weighted by molar-refractivity contribution is 0.0302. The van der Waals surface area contributed by atoms with Crippen molar-refractivity contribution in [2.45, 2.75) is 38.9 Å². The molecular weight excluding hydrogens is 322 g/mol. The van der Waals surface area contributed by atoms with Crippen LogP contribution in [0.3, 0.4) is 0 Å². The highest BCUT2D eigenvalue weighted by molar-refractivity contribution is 6.74. The van der Waals surface area contributed by atoms with E-state index in [0.29, 0.717) is 43.4 Å². The summed E-state index contributed by atoms with van der Waals surface area (Å²) in [6, 6.07) is 5.43. The second-order valence-corrected chi connectivity index (χ2v) is 12.4. The first-order chi connectivity index (χ1) is 11.2. The van der Waals surface area contributed by atoms with Crippen LogP contribution in [0.1, 0.15) is 31.1 Å². The number of carbonyl (C=O) groups excluding carboxylic acids is 1. The number of methoxy groups -OCH3 is 1. The summed E-state index contributed by atoms with van der Waals surface area (Å²) in [5.41, 5.74) is 0.631. The van der Waals surface area contributed by atoms with Crippen LogP contribution in [0.25, 0.3) is 0 Å². The SMILES string of the molecule is COc1ccc(C(=O)N2CCOCC2)cc1O[Si](C)(C)C(C)(C)C. The van der Waals surface area contributed by atoms with Crippen molar-refractivity contribution in [3.63, 3.8) is 0 Å². The number of morpholine rings is 1. The number of hydrogen-bond donors (Lipinski definition) is 0. The Hall–Kier alpha value is -1.53. The molecule has 1 amide bonds. The summed E-state index contributed by atoms with van der Waals surface area (Å²) in [6.07, 6.45) is 0. The van der Waals surface area contributed by atoms with E-state index in [1.807, 2.05) is 17.0 Å². The van der Waals surface area contributed by atoms with E-state index in [1.165, 1.54) is 0 Å². The first kappa shape index (κ1) is 18.8. The van der Waals surface area contributed by atoms with Gasteiger partial charge in [-0.05, 0) is 36.3 Å². The Morgan fingerprint density at radius 3 is 2.33 bits per heavy atom. The number of rotatable bonds is 4. The van der Waals surface area contributed by atoms with Crippen molar-refractivity contribution in [3.05, 3.63) is 23.8 Å². The van der Waals surface area contributed by atoms with Crippen LogP contribution in [0, 0.1) is 0 Å². The van der Waals surface area contributed by atoms with E-state index in [9.17, 15) is 4.79 Å². The second-order valence-electron chi connectivity index (χ2n) is 7.63. The van der Waals surface area contributed by atoms with Crippen LogP contribution in [0.2, 0.25) is 18.1 Å². The molecule has 2 rings (SSSR count). The highest BCUT2D eigenvalue weighted by atomic mass is 28.4. The van der Waals surface area contributed by atoms with Gasteiger partial charge in [0.2, 0.25) is 0 Å². The van der Waals surface area contributed by atoms with Crippen molar-refractivity contribution in [3.8, 4) is 11.5 Å². The molecule has 1 heterocycles. The molecule has 1 aliphatic heterocycles. The monoisotopic (exact) mass is 351 g/mol. The van der Waals surface area contributed by atoms with Gasteiger partial charge in [-0.2, -0.15) is 0 Å². The van der Waals surface area contributed by atoms with Gasteiger partial charge in [0.15, 0.2) is 5.75 Å². The first-order valence-corrected chi connectivity index (χ1v) is 11.3. The standard InChI is InChI=1S/C18H29NO4Si/c1-18(2,3)24(5,6)23-16-13-14(7-8-15(16)21-4)17(20)19-9-11-22-12-10-19/h7-8,13H,9-12H2,1-6H3. The van der Waals surface area contributed by atoms with Crippen molar-refractivity contribution < 1.29 is 18.7 Å². The lowest BCUT2D eigenvalue weighted by Crippen LogP contribution is -2.44. The predicted molar refractivity (Wildman–Crippen MR) is 97.5 cm³/mol. The Labute approximate surface area is 146 Å². The lowest BCUT2D eigenvalue weighted by Gasteiger charge is -2.37. The molecule has 24 heavy (non-hydrogen) atoms. The summed E-state index contributed by atoms with van der Waals surface area (Å²) < 4.78 is 17.1. The summed E-state index contributed by atoms with van der Waals surface area (Å²) in [7, 11) is -0.393. The molecule has 1 saturated heterocycles. The molecule has 1 aliphatic rings. The quantitative estimate of drug-likeness (QED) is 0.778. The topological polar surface area (TPSA) is 48.0 Å². The Kier molecular flexibility index (Phi) is 5.60. The van der Waals surface area contributed by atoms with Gasteiger partial charge in [0.25, 0.3) is 14.2 Å². The Bertz CT molecular complexity index is 589. The molecule has 0 saturated carbocycles. The molecule has 5 nitrogen and oxygen atoms in total. The molecule has 134 valence electrons. The third kappa shape index (κ3) is 4.11. The minimum atomic E-state index is -2.02. The predicted octanol–water partition coefficient (Wildman–Crippen LogP) is 3.55. The Morgan fingerprint density at radius 2 is 1.79 bits per heavy atom. The highest BCUT2D eigenvalue weighted by Gasteiger charge is 2.39. The van der Waals surface area contributed by atoms with Crippen LogP contribution >= 0.6 is 0 Å². The van der Waals surface area contributed by atoms with E-state index in [0.717, 1.165) is 0 Å². The number of nitrogens with zero attached hydrogens (tertiary/aromatic N) is 1. The fraction of sp³-hybridized carbons (Fsp3) is 0.611. The van der Waals surface area contributed by atoms with Crippen molar-refractivity contribution in [2.75, 3.05) is 33.4 Å². The third-order valence-corrected chi connectivity index (χ3v) is 9.22. The minimum absolute atomic E-state index is 0.0148. The Morgan fingerprint density at radius 1 is 1.17 bits per heavy atom. The number of amides is 1. The van der Waals surface area contributed by atoms with Crippen LogP contribution in [-0.2, 0) is 4.74 Å². The molecule has 0 atom stereocenters. The van der Waals surface area contributed by atoms with Crippen LogP contribution in [0.4, 0.5) is 0 Å². The van der Waals surface area contributed by atoms with Crippen LogP contribution in [0.5, 0.6) is 11.5 Å². The molecule has 1 aromatic rings. The lowest BCUT2D eigenvalue weighted by atomic mass is 10.1. The fourth-order valence-corrected chi connectivity index (χ4v) is 3.28. The average Bonchev–Trinajstić information content (AvgIpc) is 2.53. The van der Waals surface area contributed by atoms with E-state index in [1.54, 1.807) is 13.2 Å². The summed E-state index contributed by atoms with van der Waals surface area (Å²) in [5.74, 6) is 1.34. The van der Waals surface area contributed by atoms with Gasteiger partial charge in [0.05, 0.1) is 20.3 Å². The molecule has 0 N–H and O–H groups in total. The van der Waals surface area contributed by atoms with E-state index in [4.69, 9.17) is 13.9 Å². The maximum Gasteiger partial charge on any atom is 0.254 e. The van der Waals surface area contributed by atoms with Gasteiger partial charge in [-0.1, -0.05) is 20.8 Å². The first-order valence-electron chi connectivity index (χ1n) is 8.40. The van der Waals surface area contributed by atoms with Gasteiger partial charge in [-0.3, -0.25) is 4.79 Å². The largest absolute Gasteiger partial charge is 0.541 e. The highest BCUT2D eigenvalue weighted by Crippen LogP contribution is 2.40. The minimum Gasteiger partial charge on any atom is -0.541 e. The van der Waals surface area contributed by atoms with Crippen LogP contribution in [-0.4, -0.2) is 52.5 Å². The molecule has 0 aromatic heterocycles. The zero-order valence-corrected chi connectivity index (χ0v) is 16.6. The fourth-order valence-electron chi connectivity index (χ4n) is 2.27. The van der Waals surface area contributed by atoms with Gasteiger partial charge >= 0.3 is 0 Å². The van der Waals surface area contributed by atoms with E-state index < -0.39 is 8.32 Å². The number of hydrogen-bond acceptors (Lipinski definition) is 4. The zero-order chi connectivity index (χ0) is 18.0. The third-order valence-electron chi connectivity index (χ3n) is 4.88. The van der Waals surface area contributed by atoms with Gasteiger partial charge in [-0.15, -0.1) is 0 Å². The molecule has 6 heteroatoms. The smallest absolute Gasteiger partial charge is 0.254 e. The number of benzene rings is 1. The van der Waals surface area contributed by atoms with Gasteiger partial charge < -0.3 is 18.8 Å². The summed E-state index contributed by atoms with van der Waals surface area (Å²) >= 11 is 0. The summed E-state index contributed by atoms with van der Waals surface area (Å²) in [6.45, 7) is 13.4. The number of carbonyl (C=O) groups is 1. The molecule has 0 bridgehead atoms. The van der Waals surface area contributed by atoms with Gasteiger partial charge in [0.1, 0.15) is 5.75 Å². The molecular formula is C18H29NO4Si. The zero-order valence-electron chi connectivity index (χ0n) is 15.6. The molecule has 0 radical (unpaired) electrons. The molecule has 0 unspecified atom stereocenters. The Balaban J connectivity index is 2.28. The van der Waals surface area contributed by atoms with E-state index in [-0.39, 0.29) is 10.9 Å². The molecule has 1 fully saturated rings. The summed E-state index contributed by atoms with van der Waals surface area (Å²) in [5, 5.41) is 0.0717. The maximum absolute atomic E-state index is 12.7. The average molecular weight is 352 g/mol. The van der Waals surface area contributed by atoms with Crippen molar-refractivity contribution >= 4 is 14.2 Å². The van der Waals surface area contributed by atoms with E-state index in [2.05, 4.69) is 33.9 Å². The van der Waals surface area contributed by atoms with Crippen molar-refractivity contribution in [1.29, 1.82) is 0 Å². The van der Waals surface area contributed by atoms with Gasteiger partial charge in [0, 0.05) is 18.7 Å². The normalized spacial score (nSPS) is 16.0. The van der Waals surface area contributed by atoms with Crippen molar-refractivity contribution in [1.82, 2.24) is 4.90 Å². The van der Waals surface area contributed by atoms with E-state index >= 15 is 0 Å². The second kappa shape index (κ2) is 7.15. The number of ether oxygens (including phenoxy) is 2. The molecule has 1 aromatic carbocycles. The summed E-state index contributed by atoms with van der Waals surface area (Å²) in [4.78, 5) is 14.5.